The number of hydrogen-bond donors (Lipinski definition) is 1. The molecule has 0 bridgehead atoms. The van der Waals surface area contributed by atoms with Crippen LogP contribution in [0.2, 0.25) is 0 Å². The van der Waals surface area contributed by atoms with Gasteiger partial charge >= 0.3 is 0 Å². The second-order valence-corrected chi connectivity index (χ2v) is 7.86. The van der Waals surface area contributed by atoms with E-state index in [0.717, 1.165) is 16.7 Å². The standard InChI is InChI=1S/C26H26N4O4/c1-17-7-9-18(10-8-17)25(28-26(32)21-6-4-5-15-27-21)30-24(31)14-12-20(29-30)19-11-13-22(33-2)23(16-19)34-3/h4-11,13,15-16,25H,12,14H2,1-3H3,(H,28,32). The normalized spacial score (nSPS) is 14.3. The van der Waals surface area contributed by atoms with E-state index in [0.29, 0.717) is 23.6 Å². The summed E-state index contributed by atoms with van der Waals surface area (Å²) in [6.45, 7) is 1.98. The summed E-state index contributed by atoms with van der Waals surface area (Å²) >= 11 is 0. The van der Waals surface area contributed by atoms with Crippen molar-refractivity contribution < 1.29 is 19.1 Å². The topological polar surface area (TPSA) is 93.1 Å². The molecule has 1 atom stereocenters. The largest absolute Gasteiger partial charge is 0.493 e. The van der Waals surface area contributed by atoms with Gasteiger partial charge in [0, 0.05) is 24.6 Å². The highest BCUT2D eigenvalue weighted by Gasteiger charge is 2.31. The fourth-order valence-electron chi connectivity index (χ4n) is 3.72. The summed E-state index contributed by atoms with van der Waals surface area (Å²) in [6.07, 6.45) is 1.49. The maximum Gasteiger partial charge on any atom is 0.271 e. The Labute approximate surface area is 198 Å². The second kappa shape index (κ2) is 10.2. The number of ether oxygens (including phenoxy) is 2. The van der Waals surface area contributed by atoms with Gasteiger partial charge in [-0.25, -0.2) is 5.01 Å². The fourth-order valence-corrected chi connectivity index (χ4v) is 3.72. The molecule has 3 aromatic rings. The summed E-state index contributed by atoms with van der Waals surface area (Å²) in [5.74, 6) is 0.601. The minimum absolute atomic E-state index is 0.184. The van der Waals surface area contributed by atoms with Crippen LogP contribution in [0.4, 0.5) is 0 Å². The first-order valence-electron chi connectivity index (χ1n) is 10.9. The lowest BCUT2D eigenvalue weighted by atomic mass is 10.0. The molecule has 8 heteroatoms. The number of carbonyl (C=O) groups is 2. The third kappa shape index (κ3) is 4.91. The third-order valence-corrected chi connectivity index (χ3v) is 5.58. The number of rotatable bonds is 7. The molecule has 0 aliphatic carbocycles. The fraction of sp³-hybridized carbons (Fsp3) is 0.231. The van der Waals surface area contributed by atoms with E-state index in [4.69, 9.17) is 9.47 Å². The van der Waals surface area contributed by atoms with Crippen LogP contribution in [-0.4, -0.2) is 41.7 Å². The van der Waals surface area contributed by atoms with Gasteiger partial charge in [-0.15, -0.1) is 0 Å². The molecule has 0 spiro atoms. The second-order valence-electron chi connectivity index (χ2n) is 7.86. The number of aromatic nitrogens is 1. The van der Waals surface area contributed by atoms with Crippen LogP contribution < -0.4 is 14.8 Å². The number of nitrogens with zero attached hydrogens (tertiary/aromatic N) is 3. The van der Waals surface area contributed by atoms with Crippen molar-refractivity contribution in [2.45, 2.75) is 25.9 Å². The highest BCUT2D eigenvalue weighted by atomic mass is 16.5. The molecular weight excluding hydrogens is 432 g/mol. The molecule has 0 radical (unpaired) electrons. The van der Waals surface area contributed by atoms with Gasteiger partial charge in [-0.1, -0.05) is 35.9 Å². The molecule has 2 aromatic carbocycles. The van der Waals surface area contributed by atoms with Crippen molar-refractivity contribution in [1.82, 2.24) is 15.3 Å². The molecule has 0 saturated heterocycles. The van der Waals surface area contributed by atoms with Crippen molar-refractivity contribution in [1.29, 1.82) is 0 Å². The first-order chi connectivity index (χ1) is 16.5. The average molecular weight is 459 g/mol. The third-order valence-electron chi connectivity index (χ3n) is 5.58. The summed E-state index contributed by atoms with van der Waals surface area (Å²) in [7, 11) is 3.15. The van der Waals surface area contributed by atoms with Gasteiger partial charge in [0.05, 0.1) is 19.9 Å². The van der Waals surface area contributed by atoms with E-state index in [9.17, 15) is 9.59 Å². The number of hydrogen-bond acceptors (Lipinski definition) is 6. The van der Waals surface area contributed by atoms with Crippen molar-refractivity contribution in [2.75, 3.05) is 14.2 Å². The lowest BCUT2D eigenvalue weighted by Gasteiger charge is -2.32. The first kappa shape index (κ1) is 23.0. The molecule has 1 unspecified atom stereocenters. The molecule has 1 N–H and O–H groups in total. The zero-order valence-corrected chi connectivity index (χ0v) is 19.3. The van der Waals surface area contributed by atoms with E-state index in [2.05, 4.69) is 15.4 Å². The zero-order valence-electron chi connectivity index (χ0n) is 19.3. The van der Waals surface area contributed by atoms with E-state index in [-0.39, 0.29) is 18.0 Å². The van der Waals surface area contributed by atoms with E-state index in [1.54, 1.807) is 44.7 Å². The van der Waals surface area contributed by atoms with Crippen LogP contribution in [0.1, 0.15) is 46.2 Å². The number of nitrogens with one attached hydrogen (secondary N) is 1. The molecule has 8 nitrogen and oxygen atoms in total. The van der Waals surface area contributed by atoms with Crippen LogP contribution in [0.25, 0.3) is 0 Å². The highest BCUT2D eigenvalue weighted by Crippen LogP contribution is 2.30. The Bertz CT molecular complexity index is 1210. The van der Waals surface area contributed by atoms with Crippen LogP contribution in [0.15, 0.2) is 72.0 Å². The van der Waals surface area contributed by atoms with Crippen molar-refractivity contribution in [2.24, 2.45) is 5.10 Å². The van der Waals surface area contributed by atoms with Crippen LogP contribution in [0, 0.1) is 6.92 Å². The Morgan fingerprint density at radius 1 is 1.00 bits per heavy atom. The highest BCUT2D eigenvalue weighted by molar-refractivity contribution is 6.04. The number of hydrazone groups is 1. The van der Waals surface area contributed by atoms with Crippen molar-refractivity contribution >= 4 is 17.5 Å². The average Bonchev–Trinajstić information content (AvgIpc) is 2.88. The van der Waals surface area contributed by atoms with E-state index >= 15 is 0 Å². The molecule has 1 aliphatic heterocycles. The maximum atomic E-state index is 13.0. The van der Waals surface area contributed by atoms with Crippen LogP contribution in [0.3, 0.4) is 0 Å². The zero-order chi connectivity index (χ0) is 24.1. The molecule has 0 saturated carbocycles. The molecule has 34 heavy (non-hydrogen) atoms. The number of pyridine rings is 1. The smallest absolute Gasteiger partial charge is 0.271 e. The maximum absolute atomic E-state index is 13.0. The minimum Gasteiger partial charge on any atom is -0.493 e. The Morgan fingerprint density at radius 2 is 1.76 bits per heavy atom. The van der Waals surface area contributed by atoms with Gasteiger partial charge in [-0.05, 0) is 42.8 Å². The molecule has 2 amide bonds. The number of methoxy groups -OCH3 is 2. The molecule has 0 fully saturated rings. The molecule has 4 rings (SSSR count). The molecule has 174 valence electrons. The Kier molecular flexibility index (Phi) is 6.87. The van der Waals surface area contributed by atoms with Gasteiger partial charge in [-0.3, -0.25) is 14.6 Å². The Balaban J connectivity index is 1.72. The van der Waals surface area contributed by atoms with E-state index < -0.39 is 12.1 Å². The summed E-state index contributed by atoms with van der Waals surface area (Å²) in [5, 5.41) is 8.96. The van der Waals surface area contributed by atoms with Crippen LogP contribution in [0.5, 0.6) is 11.5 Å². The van der Waals surface area contributed by atoms with Gasteiger partial charge in [0.15, 0.2) is 17.7 Å². The number of aryl methyl sites for hydroxylation is 1. The summed E-state index contributed by atoms with van der Waals surface area (Å²) in [5.41, 5.74) is 3.59. The van der Waals surface area contributed by atoms with E-state index in [1.807, 2.05) is 43.3 Å². The van der Waals surface area contributed by atoms with Crippen LogP contribution >= 0.6 is 0 Å². The van der Waals surface area contributed by atoms with Crippen molar-refractivity contribution in [3.05, 3.63) is 89.2 Å². The molecule has 1 aromatic heterocycles. The summed E-state index contributed by atoms with van der Waals surface area (Å²) < 4.78 is 10.7. The van der Waals surface area contributed by atoms with Gasteiger partial charge in [-0.2, -0.15) is 5.10 Å². The quantitative estimate of drug-likeness (QED) is 0.580. The summed E-state index contributed by atoms with van der Waals surface area (Å²) in [4.78, 5) is 30.1. The van der Waals surface area contributed by atoms with Gasteiger partial charge in [0.1, 0.15) is 5.69 Å². The number of carbonyl (C=O) groups excluding carboxylic acids is 2. The Morgan fingerprint density at radius 3 is 2.44 bits per heavy atom. The number of amides is 2. The molecule has 1 aliphatic rings. The monoisotopic (exact) mass is 458 g/mol. The SMILES string of the molecule is COc1ccc(C2=NN(C(NC(=O)c3ccccn3)c3ccc(C)cc3)C(=O)CC2)cc1OC. The number of benzene rings is 2. The Hall–Kier alpha value is -4.20. The van der Waals surface area contributed by atoms with Crippen molar-refractivity contribution in [3.63, 3.8) is 0 Å². The van der Waals surface area contributed by atoms with Gasteiger partial charge in [0.25, 0.3) is 5.91 Å². The van der Waals surface area contributed by atoms with E-state index in [1.165, 1.54) is 5.01 Å². The van der Waals surface area contributed by atoms with Gasteiger partial charge in [0.2, 0.25) is 5.91 Å². The lowest BCUT2D eigenvalue weighted by molar-refractivity contribution is -0.134. The molecule has 2 heterocycles. The van der Waals surface area contributed by atoms with Crippen LogP contribution in [-0.2, 0) is 4.79 Å². The molecular formula is C26H26N4O4. The lowest BCUT2D eigenvalue weighted by Crippen LogP contribution is -2.44. The predicted octanol–water partition coefficient (Wildman–Crippen LogP) is 3.86. The first-order valence-corrected chi connectivity index (χ1v) is 10.9. The minimum atomic E-state index is -0.793. The predicted molar refractivity (Wildman–Crippen MR) is 128 cm³/mol. The van der Waals surface area contributed by atoms with Crippen molar-refractivity contribution in [3.8, 4) is 11.5 Å². The van der Waals surface area contributed by atoms with Gasteiger partial charge < -0.3 is 14.8 Å². The summed E-state index contributed by atoms with van der Waals surface area (Å²) in [6, 6.07) is 18.2.